The first-order chi connectivity index (χ1) is 10.8. The minimum Gasteiger partial charge on any atom is -0.256 e. The molecule has 0 saturated heterocycles. The standard InChI is InChI=1S/C17H13BrN2S2/c18-12-4-1-5-13(10-12)20-15(17-7-3-9-22-17)11-14(19-20)16-6-2-8-21-16/h1-10,15H,11H2/t15-/m1/s1. The summed E-state index contributed by atoms with van der Waals surface area (Å²) in [5.41, 5.74) is 2.30. The van der Waals surface area contributed by atoms with Crippen LogP contribution >= 0.6 is 38.6 Å². The molecule has 1 atom stereocenters. The van der Waals surface area contributed by atoms with E-state index >= 15 is 0 Å². The zero-order valence-electron chi connectivity index (χ0n) is 11.6. The molecule has 3 aromatic rings. The van der Waals surface area contributed by atoms with Crippen LogP contribution in [-0.2, 0) is 0 Å². The van der Waals surface area contributed by atoms with Gasteiger partial charge in [0.25, 0.3) is 0 Å². The number of hydrogen-bond acceptors (Lipinski definition) is 4. The molecule has 2 nitrogen and oxygen atoms in total. The molecule has 3 heterocycles. The lowest BCUT2D eigenvalue weighted by Crippen LogP contribution is -2.17. The first-order valence-electron chi connectivity index (χ1n) is 7.01. The number of nitrogens with zero attached hydrogens (tertiary/aromatic N) is 2. The van der Waals surface area contributed by atoms with Crippen molar-refractivity contribution in [3.05, 3.63) is 73.5 Å². The van der Waals surface area contributed by atoms with E-state index < -0.39 is 0 Å². The molecule has 0 amide bonds. The van der Waals surface area contributed by atoms with Crippen molar-refractivity contribution in [3.63, 3.8) is 0 Å². The van der Waals surface area contributed by atoms with Crippen LogP contribution in [0, 0.1) is 0 Å². The topological polar surface area (TPSA) is 15.6 Å². The lowest BCUT2D eigenvalue weighted by atomic mass is 10.1. The van der Waals surface area contributed by atoms with E-state index in [4.69, 9.17) is 5.10 Å². The van der Waals surface area contributed by atoms with Crippen LogP contribution in [0.15, 0.2) is 68.9 Å². The third-order valence-corrected chi connectivity index (χ3v) is 6.05. The second-order valence-electron chi connectivity index (χ2n) is 5.08. The molecule has 1 aromatic carbocycles. The molecule has 2 aromatic heterocycles. The Morgan fingerprint density at radius 2 is 1.91 bits per heavy atom. The maximum atomic E-state index is 4.93. The highest BCUT2D eigenvalue weighted by Gasteiger charge is 2.30. The van der Waals surface area contributed by atoms with E-state index in [1.807, 2.05) is 6.07 Å². The number of hydrogen-bond donors (Lipinski definition) is 0. The minimum absolute atomic E-state index is 0.284. The van der Waals surface area contributed by atoms with Crippen molar-refractivity contribution in [1.29, 1.82) is 0 Å². The van der Waals surface area contributed by atoms with Crippen molar-refractivity contribution < 1.29 is 0 Å². The van der Waals surface area contributed by atoms with Gasteiger partial charge in [0, 0.05) is 15.8 Å². The van der Waals surface area contributed by atoms with E-state index in [2.05, 4.69) is 74.2 Å². The molecule has 22 heavy (non-hydrogen) atoms. The Hall–Kier alpha value is -1.43. The van der Waals surface area contributed by atoms with Gasteiger partial charge in [-0.05, 0) is 41.1 Å². The Morgan fingerprint density at radius 1 is 1.05 bits per heavy atom. The summed E-state index contributed by atoms with van der Waals surface area (Å²) in [5.74, 6) is 0. The summed E-state index contributed by atoms with van der Waals surface area (Å²) in [4.78, 5) is 2.62. The Bertz CT molecular complexity index is 794. The number of anilines is 1. The van der Waals surface area contributed by atoms with Gasteiger partial charge in [-0.2, -0.15) is 5.10 Å². The van der Waals surface area contributed by atoms with Crippen LogP contribution in [0.25, 0.3) is 0 Å². The molecule has 1 aliphatic heterocycles. The summed E-state index contributed by atoms with van der Waals surface area (Å²) in [7, 11) is 0. The third kappa shape index (κ3) is 2.64. The average molecular weight is 389 g/mol. The van der Waals surface area contributed by atoms with Crippen molar-refractivity contribution >= 4 is 50.0 Å². The Morgan fingerprint density at radius 3 is 2.64 bits per heavy atom. The fraction of sp³-hybridized carbons (Fsp3) is 0.118. The fourth-order valence-corrected chi connectivity index (χ4v) is 4.58. The lowest BCUT2D eigenvalue weighted by Gasteiger charge is -2.22. The molecule has 1 aliphatic rings. The highest BCUT2D eigenvalue weighted by Crippen LogP contribution is 2.39. The normalized spacial score (nSPS) is 17.8. The largest absolute Gasteiger partial charge is 0.256 e. The molecule has 0 radical (unpaired) electrons. The van der Waals surface area contributed by atoms with Crippen molar-refractivity contribution in [1.82, 2.24) is 0 Å². The number of rotatable bonds is 3. The number of benzene rings is 1. The molecular weight excluding hydrogens is 376 g/mol. The van der Waals surface area contributed by atoms with E-state index in [0.29, 0.717) is 0 Å². The predicted molar refractivity (Wildman–Crippen MR) is 99.2 cm³/mol. The maximum Gasteiger partial charge on any atom is 0.0924 e. The van der Waals surface area contributed by atoms with E-state index in [9.17, 15) is 0 Å². The minimum atomic E-state index is 0.284. The summed E-state index contributed by atoms with van der Waals surface area (Å²) in [6, 6.07) is 17.2. The van der Waals surface area contributed by atoms with Crippen LogP contribution in [0.1, 0.15) is 22.2 Å². The van der Waals surface area contributed by atoms with Gasteiger partial charge in [-0.1, -0.05) is 34.1 Å². The summed E-state index contributed by atoms with van der Waals surface area (Å²) >= 11 is 7.12. The van der Waals surface area contributed by atoms with Gasteiger partial charge in [0.1, 0.15) is 0 Å². The van der Waals surface area contributed by atoms with Gasteiger partial charge in [0.15, 0.2) is 0 Å². The van der Waals surface area contributed by atoms with E-state index in [0.717, 1.165) is 16.6 Å². The van der Waals surface area contributed by atoms with Crippen LogP contribution in [0.4, 0.5) is 5.69 Å². The van der Waals surface area contributed by atoms with Crippen molar-refractivity contribution in [2.75, 3.05) is 5.01 Å². The summed E-state index contributed by atoms with van der Waals surface area (Å²) in [6.45, 7) is 0. The number of halogens is 1. The Labute approximate surface area is 145 Å². The van der Waals surface area contributed by atoms with Crippen LogP contribution in [0.2, 0.25) is 0 Å². The Kier molecular flexibility index (Phi) is 3.86. The van der Waals surface area contributed by atoms with Crippen LogP contribution in [0.5, 0.6) is 0 Å². The Balaban J connectivity index is 1.76. The summed E-state index contributed by atoms with van der Waals surface area (Å²) < 4.78 is 1.08. The lowest BCUT2D eigenvalue weighted by molar-refractivity contribution is 0.722. The SMILES string of the molecule is Brc1cccc(N2N=C(c3cccs3)C[C@@H]2c2cccs2)c1. The summed E-state index contributed by atoms with van der Waals surface area (Å²) in [6.07, 6.45) is 0.952. The number of hydrazone groups is 1. The number of thiophene rings is 2. The van der Waals surface area contributed by atoms with Gasteiger partial charge < -0.3 is 0 Å². The molecule has 0 spiro atoms. The summed E-state index contributed by atoms with van der Waals surface area (Å²) in [5, 5.41) is 11.3. The van der Waals surface area contributed by atoms with Gasteiger partial charge in [-0.15, -0.1) is 22.7 Å². The molecule has 0 bridgehead atoms. The maximum absolute atomic E-state index is 4.93. The second-order valence-corrected chi connectivity index (χ2v) is 7.93. The van der Waals surface area contributed by atoms with E-state index in [1.54, 1.807) is 22.7 Å². The van der Waals surface area contributed by atoms with Gasteiger partial charge in [0.2, 0.25) is 0 Å². The highest BCUT2D eigenvalue weighted by atomic mass is 79.9. The first kappa shape index (κ1) is 14.2. The van der Waals surface area contributed by atoms with Crippen LogP contribution < -0.4 is 5.01 Å². The zero-order chi connectivity index (χ0) is 14.9. The van der Waals surface area contributed by atoms with Crippen LogP contribution in [0.3, 0.4) is 0 Å². The van der Waals surface area contributed by atoms with E-state index in [1.165, 1.54) is 15.5 Å². The van der Waals surface area contributed by atoms with Gasteiger partial charge in [-0.3, -0.25) is 5.01 Å². The molecule has 0 fully saturated rings. The molecule has 0 unspecified atom stereocenters. The fourth-order valence-electron chi connectivity index (χ4n) is 2.66. The second kappa shape index (κ2) is 5.99. The average Bonchev–Trinajstić information content (AvgIpc) is 3.27. The molecular formula is C17H13BrN2S2. The molecule has 0 saturated carbocycles. The van der Waals surface area contributed by atoms with Crippen molar-refractivity contribution in [3.8, 4) is 0 Å². The van der Waals surface area contributed by atoms with Gasteiger partial charge in [0.05, 0.1) is 22.3 Å². The smallest absolute Gasteiger partial charge is 0.0924 e. The van der Waals surface area contributed by atoms with Crippen molar-refractivity contribution in [2.24, 2.45) is 5.10 Å². The molecule has 0 aliphatic carbocycles. The van der Waals surface area contributed by atoms with E-state index in [-0.39, 0.29) is 6.04 Å². The van der Waals surface area contributed by atoms with Crippen molar-refractivity contribution in [2.45, 2.75) is 12.5 Å². The molecule has 0 N–H and O–H groups in total. The quantitative estimate of drug-likeness (QED) is 0.542. The first-order valence-corrected chi connectivity index (χ1v) is 9.56. The van der Waals surface area contributed by atoms with Gasteiger partial charge >= 0.3 is 0 Å². The molecule has 4 rings (SSSR count). The predicted octanol–water partition coefficient (Wildman–Crippen LogP) is 5.93. The zero-order valence-corrected chi connectivity index (χ0v) is 14.9. The monoisotopic (exact) mass is 388 g/mol. The molecule has 5 heteroatoms. The van der Waals surface area contributed by atoms with Gasteiger partial charge in [-0.25, -0.2) is 0 Å². The third-order valence-electron chi connectivity index (χ3n) is 3.66. The highest BCUT2D eigenvalue weighted by molar-refractivity contribution is 9.10. The molecule has 110 valence electrons. The van der Waals surface area contributed by atoms with Crippen LogP contribution in [-0.4, -0.2) is 5.71 Å².